The lowest BCUT2D eigenvalue weighted by molar-refractivity contribution is -0.384. The zero-order valence-corrected chi connectivity index (χ0v) is 14.3. The van der Waals surface area contributed by atoms with Gasteiger partial charge in [0.2, 0.25) is 5.13 Å². The van der Waals surface area contributed by atoms with Crippen LogP contribution < -0.4 is 4.90 Å². The molecule has 1 aliphatic rings. The number of rotatable bonds is 5. The van der Waals surface area contributed by atoms with Gasteiger partial charge >= 0.3 is 0 Å². The minimum atomic E-state index is -0.354. The average Bonchev–Trinajstić information content (AvgIpc) is 3.19. The van der Waals surface area contributed by atoms with E-state index in [0.717, 1.165) is 28.5 Å². The van der Waals surface area contributed by atoms with Crippen LogP contribution in [0, 0.1) is 10.1 Å². The molecule has 0 N–H and O–H groups in total. The number of aromatic nitrogens is 2. The molecule has 1 heterocycles. The van der Waals surface area contributed by atoms with Crippen molar-refractivity contribution < 1.29 is 4.92 Å². The Morgan fingerprint density at radius 1 is 1.35 bits per heavy atom. The third-order valence-electron chi connectivity index (χ3n) is 3.76. The van der Waals surface area contributed by atoms with Crippen LogP contribution in [0.25, 0.3) is 0 Å². The van der Waals surface area contributed by atoms with Gasteiger partial charge in [-0.3, -0.25) is 10.1 Å². The van der Waals surface area contributed by atoms with E-state index in [1.807, 2.05) is 6.07 Å². The highest BCUT2D eigenvalue weighted by atomic mass is 32.1. The van der Waals surface area contributed by atoms with Crippen molar-refractivity contribution in [3.05, 3.63) is 45.0 Å². The smallest absolute Gasteiger partial charge is 0.269 e. The van der Waals surface area contributed by atoms with Crippen LogP contribution in [0.2, 0.25) is 0 Å². The summed E-state index contributed by atoms with van der Waals surface area (Å²) < 4.78 is 0. The lowest BCUT2D eigenvalue weighted by Gasteiger charge is -2.21. The van der Waals surface area contributed by atoms with Crippen molar-refractivity contribution >= 4 is 22.2 Å². The highest BCUT2D eigenvalue weighted by Crippen LogP contribution is 2.37. The molecule has 0 saturated heterocycles. The Hall–Kier alpha value is -2.02. The second kappa shape index (κ2) is 5.88. The van der Waals surface area contributed by atoms with Gasteiger partial charge in [0.15, 0.2) is 0 Å². The molecule has 0 unspecified atom stereocenters. The van der Waals surface area contributed by atoms with Crippen molar-refractivity contribution in [3.8, 4) is 0 Å². The van der Waals surface area contributed by atoms with E-state index in [4.69, 9.17) is 0 Å². The molecule has 1 aromatic heterocycles. The number of benzene rings is 1. The SMILES string of the molecule is CC(C)(C)c1nnc(N(Cc2cccc([N+](=O)[O-])c2)C2CC2)s1. The molecular formula is C16H20N4O2S. The van der Waals surface area contributed by atoms with Crippen LogP contribution >= 0.6 is 11.3 Å². The predicted octanol–water partition coefficient (Wildman–Crippen LogP) is 3.91. The second-order valence-corrected chi connectivity index (χ2v) is 7.88. The Morgan fingerprint density at radius 3 is 2.65 bits per heavy atom. The molecule has 0 spiro atoms. The molecule has 0 bridgehead atoms. The summed E-state index contributed by atoms with van der Waals surface area (Å²) in [6.45, 7) is 7.00. The zero-order chi connectivity index (χ0) is 16.6. The predicted molar refractivity (Wildman–Crippen MR) is 90.9 cm³/mol. The summed E-state index contributed by atoms with van der Waals surface area (Å²) in [6.07, 6.45) is 2.28. The third-order valence-corrected chi connectivity index (χ3v) is 5.15. The molecule has 0 radical (unpaired) electrons. The second-order valence-electron chi connectivity index (χ2n) is 6.93. The topological polar surface area (TPSA) is 72.2 Å². The largest absolute Gasteiger partial charge is 0.339 e. The first-order valence-corrected chi connectivity index (χ1v) is 8.50. The molecule has 0 amide bonds. The molecule has 7 heteroatoms. The standard InChI is InChI=1S/C16H20N4O2S/c1-16(2,3)14-17-18-15(23-14)19(12-7-8-12)10-11-5-4-6-13(9-11)20(21)22/h4-6,9,12H,7-8,10H2,1-3H3. The average molecular weight is 332 g/mol. The van der Waals surface area contributed by atoms with Crippen molar-refractivity contribution in [3.63, 3.8) is 0 Å². The normalized spacial score (nSPS) is 14.7. The molecule has 3 rings (SSSR count). The Balaban J connectivity index is 1.84. The van der Waals surface area contributed by atoms with Gasteiger partial charge in [0, 0.05) is 30.1 Å². The van der Waals surface area contributed by atoms with Gasteiger partial charge in [-0.2, -0.15) is 0 Å². The summed E-state index contributed by atoms with van der Waals surface area (Å²) in [7, 11) is 0. The van der Waals surface area contributed by atoms with E-state index in [9.17, 15) is 10.1 Å². The lowest BCUT2D eigenvalue weighted by Crippen LogP contribution is -2.24. The van der Waals surface area contributed by atoms with Gasteiger partial charge in [-0.1, -0.05) is 44.2 Å². The summed E-state index contributed by atoms with van der Waals surface area (Å²) in [4.78, 5) is 12.8. The van der Waals surface area contributed by atoms with Crippen molar-refractivity contribution in [2.24, 2.45) is 0 Å². The molecule has 0 atom stereocenters. The molecule has 0 aliphatic heterocycles. The van der Waals surface area contributed by atoms with Gasteiger partial charge < -0.3 is 4.90 Å². The van der Waals surface area contributed by atoms with E-state index in [0.29, 0.717) is 12.6 Å². The molecule has 1 aromatic carbocycles. The fourth-order valence-corrected chi connectivity index (χ4v) is 3.31. The summed E-state index contributed by atoms with van der Waals surface area (Å²) in [5, 5.41) is 21.5. The first-order chi connectivity index (χ1) is 10.8. The van der Waals surface area contributed by atoms with Crippen LogP contribution in [0.3, 0.4) is 0 Å². The first kappa shape index (κ1) is 15.9. The van der Waals surface area contributed by atoms with E-state index in [1.165, 1.54) is 6.07 Å². The van der Waals surface area contributed by atoms with E-state index in [-0.39, 0.29) is 16.0 Å². The Labute approximate surface area is 139 Å². The maximum atomic E-state index is 10.9. The van der Waals surface area contributed by atoms with Crippen LogP contribution in [0.4, 0.5) is 10.8 Å². The minimum absolute atomic E-state index is 0.0172. The molecular weight excluding hydrogens is 312 g/mol. The number of nitro groups is 1. The van der Waals surface area contributed by atoms with Gasteiger partial charge in [0.1, 0.15) is 5.01 Å². The first-order valence-electron chi connectivity index (χ1n) is 7.68. The van der Waals surface area contributed by atoms with Gasteiger partial charge in [-0.15, -0.1) is 10.2 Å². The fourth-order valence-electron chi connectivity index (χ4n) is 2.34. The van der Waals surface area contributed by atoms with Crippen molar-refractivity contribution in [2.75, 3.05) is 4.90 Å². The summed E-state index contributed by atoms with van der Waals surface area (Å²) in [5.41, 5.74) is 1.04. The van der Waals surface area contributed by atoms with E-state index >= 15 is 0 Å². The number of nitrogens with zero attached hydrogens (tertiary/aromatic N) is 4. The van der Waals surface area contributed by atoms with Crippen molar-refractivity contribution in [1.82, 2.24) is 10.2 Å². The third kappa shape index (κ3) is 3.67. The van der Waals surface area contributed by atoms with E-state index in [1.54, 1.807) is 23.5 Å². The highest BCUT2D eigenvalue weighted by molar-refractivity contribution is 7.15. The van der Waals surface area contributed by atoms with Crippen LogP contribution in [0.15, 0.2) is 24.3 Å². The number of anilines is 1. The minimum Gasteiger partial charge on any atom is -0.339 e. The van der Waals surface area contributed by atoms with Crippen molar-refractivity contribution in [2.45, 2.75) is 51.6 Å². The van der Waals surface area contributed by atoms with Crippen LogP contribution in [0.5, 0.6) is 0 Å². The van der Waals surface area contributed by atoms with Gasteiger partial charge in [-0.25, -0.2) is 0 Å². The van der Waals surface area contributed by atoms with Crippen molar-refractivity contribution in [1.29, 1.82) is 0 Å². The zero-order valence-electron chi connectivity index (χ0n) is 13.5. The van der Waals surface area contributed by atoms with E-state index in [2.05, 4.69) is 35.9 Å². The van der Waals surface area contributed by atoms with Crippen LogP contribution in [0.1, 0.15) is 44.2 Å². The molecule has 6 nitrogen and oxygen atoms in total. The maximum Gasteiger partial charge on any atom is 0.269 e. The molecule has 2 aromatic rings. The molecule has 1 saturated carbocycles. The lowest BCUT2D eigenvalue weighted by atomic mass is 9.98. The van der Waals surface area contributed by atoms with Crippen LogP contribution in [-0.2, 0) is 12.0 Å². The Morgan fingerprint density at radius 2 is 2.09 bits per heavy atom. The molecule has 122 valence electrons. The van der Waals surface area contributed by atoms with Gasteiger partial charge in [-0.05, 0) is 18.4 Å². The monoisotopic (exact) mass is 332 g/mol. The highest BCUT2D eigenvalue weighted by Gasteiger charge is 2.32. The summed E-state index contributed by atoms with van der Waals surface area (Å²) in [5.74, 6) is 0. The molecule has 1 fully saturated rings. The van der Waals surface area contributed by atoms with Gasteiger partial charge in [0.25, 0.3) is 5.69 Å². The molecule has 23 heavy (non-hydrogen) atoms. The quantitative estimate of drug-likeness (QED) is 0.613. The number of nitro benzene ring substituents is 1. The number of hydrogen-bond acceptors (Lipinski definition) is 6. The van der Waals surface area contributed by atoms with Crippen LogP contribution in [-0.4, -0.2) is 21.2 Å². The fraction of sp³-hybridized carbons (Fsp3) is 0.500. The van der Waals surface area contributed by atoms with Gasteiger partial charge in [0.05, 0.1) is 4.92 Å². The molecule has 1 aliphatic carbocycles. The Bertz CT molecular complexity index is 719. The summed E-state index contributed by atoms with van der Waals surface area (Å²) in [6, 6.07) is 7.29. The summed E-state index contributed by atoms with van der Waals surface area (Å²) >= 11 is 1.62. The number of hydrogen-bond donors (Lipinski definition) is 0. The maximum absolute atomic E-state index is 10.9. The Kier molecular flexibility index (Phi) is 4.06. The number of non-ortho nitro benzene ring substituents is 1. The van der Waals surface area contributed by atoms with E-state index < -0.39 is 0 Å².